The molecule has 46 heavy (non-hydrogen) atoms. The summed E-state index contributed by atoms with van der Waals surface area (Å²) in [5, 5.41) is 20.3. The molecule has 0 radical (unpaired) electrons. The number of ether oxygens (including phenoxy) is 2. The van der Waals surface area contributed by atoms with Crippen LogP contribution in [-0.4, -0.2) is 72.0 Å². The maximum Gasteiger partial charge on any atom is 0.407 e. The van der Waals surface area contributed by atoms with Gasteiger partial charge in [0.05, 0.1) is 12.6 Å². The average molecular weight is 650 g/mol. The molecule has 258 valence electrons. The lowest BCUT2D eigenvalue weighted by Gasteiger charge is -2.23. The molecule has 0 aromatic heterocycles. The standard InChI is InChI=1S/C32H51N5O9/c1-20(2)28(36-21(3)39)26(41)16-22(10-9-15-34-30(33)43)29(42)37-24-13-12-23(18-38)27(17-24)45-19-25(40)11-7-8-14-35-31(44)46-32(4,5)6/h12-13,17,20,22,28,38H,7-11,14-16,18-19H2,1-6H3,(H,35,44)(H,36,39)(H,37,42)(H3,33,34,43)/t22-,28+/m1/s1. The van der Waals surface area contributed by atoms with Crippen molar-refractivity contribution in [2.24, 2.45) is 17.6 Å². The lowest BCUT2D eigenvalue weighted by molar-refractivity contribution is -0.130. The van der Waals surface area contributed by atoms with Crippen LogP contribution in [0.25, 0.3) is 0 Å². The number of benzene rings is 1. The molecule has 5 amide bonds. The fourth-order valence-corrected chi connectivity index (χ4v) is 4.42. The number of hydrogen-bond acceptors (Lipinski definition) is 9. The molecule has 0 spiro atoms. The van der Waals surface area contributed by atoms with E-state index in [1.807, 2.05) is 0 Å². The van der Waals surface area contributed by atoms with E-state index in [4.69, 9.17) is 15.2 Å². The smallest absolute Gasteiger partial charge is 0.407 e. The lowest BCUT2D eigenvalue weighted by atomic mass is 9.89. The Morgan fingerprint density at radius 2 is 1.65 bits per heavy atom. The summed E-state index contributed by atoms with van der Waals surface area (Å²) in [7, 11) is 0. The highest BCUT2D eigenvalue weighted by Gasteiger charge is 2.29. The van der Waals surface area contributed by atoms with E-state index in [-0.39, 0.29) is 68.2 Å². The first-order valence-electron chi connectivity index (χ1n) is 15.5. The minimum Gasteiger partial charge on any atom is -0.485 e. The molecule has 0 unspecified atom stereocenters. The number of hydrogen-bond donors (Lipinski definition) is 6. The van der Waals surface area contributed by atoms with Crippen LogP contribution in [0.2, 0.25) is 0 Å². The molecule has 0 aliphatic carbocycles. The Balaban J connectivity index is 2.84. The number of unbranched alkanes of at least 4 members (excludes halogenated alkanes) is 1. The zero-order chi connectivity index (χ0) is 34.9. The molecule has 14 heteroatoms. The highest BCUT2D eigenvalue weighted by Crippen LogP contribution is 2.25. The number of aliphatic hydroxyl groups excluding tert-OH is 1. The van der Waals surface area contributed by atoms with Gasteiger partial charge < -0.3 is 41.6 Å². The van der Waals surface area contributed by atoms with Crippen LogP contribution in [0.1, 0.15) is 85.6 Å². The van der Waals surface area contributed by atoms with Crippen molar-refractivity contribution in [3.8, 4) is 5.75 Å². The van der Waals surface area contributed by atoms with E-state index in [0.29, 0.717) is 37.1 Å². The molecule has 0 bridgehead atoms. The van der Waals surface area contributed by atoms with Crippen LogP contribution in [0.3, 0.4) is 0 Å². The van der Waals surface area contributed by atoms with Crippen LogP contribution >= 0.6 is 0 Å². The predicted molar refractivity (Wildman–Crippen MR) is 172 cm³/mol. The quantitative estimate of drug-likeness (QED) is 0.114. The molecule has 0 fully saturated rings. The van der Waals surface area contributed by atoms with Gasteiger partial charge in [-0.05, 0) is 58.4 Å². The number of aliphatic hydroxyl groups is 1. The number of alkyl carbamates (subject to hydrolysis) is 1. The van der Waals surface area contributed by atoms with E-state index in [1.54, 1.807) is 46.8 Å². The molecule has 7 N–H and O–H groups in total. The number of rotatable bonds is 20. The highest BCUT2D eigenvalue weighted by atomic mass is 16.6. The molecule has 1 rings (SSSR count). The van der Waals surface area contributed by atoms with Crippen molar-refractivity contribution in [1.29, 1.82) is 0 Å². The van der Waals surface area contributed by atoms with Crippen molar-refractivity contribution in [3.63, 3.8) is 0 Å². The third-order valence-electron chi connectivity index (χ3n) is 6.66. The number of amides is 5. The number of ketones is 2. The van der Waals surface area contributed by atoms with Crippen LogP contribution in [0.5, 0.6) is 5.75 Å². The Kier molecular flexibility index (Phi) is 17.3. The van der Waals surface area contributed by atoms with Gasteiger partial charge in [-0.2, -0.15) is 0 Å². The van der Waals surface area contributed by atoms with E-state index < -0.39 is 35.6 Å². The Morgan fingerprint density at radius 1 is 0.978 bits per heavy atom. The topological polar surface area (TPSA) is 215 Å². The molecule has 14 nitrogen and oxygen atoms in total. The van der Waals surface area contributed by atoms with E-state index in [0.717, 1.165) is 0 Å². The molecule has 1 aromatic carbocycles. The van der Waals surface area contributed by atoms with E-state index in [2.05, 4.69) is 21.3 Å². The monoisotopic (exact) mass is 649 g/mol. The summed E-state index contributed by atoms with van der Waals surface area (Å²) in [6.45, 7) is 10.2. The predicted octanol–water partition coefficient (Wildman–Crippen LogP) is 2.94. The summed E-state index contributed by atoms with van der Waals surface area (Å²) in [5.74, 6) is -2.07. The molecule has 0 aliphatic rings. The van der Waals surface area contributed by atoms with Gasteiger partial charge in [0.15, 0.2) is 11.6 Å². The Morgan fingerprint density at radius 3 is 2.24 bits per heavy atom. The molecular weight excluding hydrogens is 598 g/mol. The first kappa shape index (κ1) is 39.8. The molecule has 1 aromatic rings. The van der Waals surface area contributed by atoms with Crippen molar-refractivity contribution < 1.29 is 43.3 Å². The summed E-state index contributed by atoms with van der Waals surface area (Å²) in [6.07, 6.45) is 1.27. The minimum absolute atomic E-state index is 0.147. The first-order valence-corrected chi connectivity index (χ1v) is 15.5. The lowest BCUT2D eigenvalue weighted by Crippen LogP contribution is -2.44. The number of Topliss-reactive ketones (excluding diaryl/α,β-unsaturated/α-hetero) is 2. The van der Waals surface area contributed by atoms with E-state index in [1.165, 1.54) is 13.0 Å². The van der Waals surface area contributed by atoms with Crippen LogP contribution in [-0.2, 0) is 30.5 Å². The second-order valence-electron chi connectivity index (χ2n) is 12.4. The number of nitrogens with one attached hydrogen (secondary N) is 4. The number of carbonyl (C=O) groups excluding carboxylic acids is 6. The first-order chi connectivity index (χ1) is 21.5. The molecule has 0 heterocycles. The van der Waals surface area contributed by atoms with E-state index >= 15 is 0 Å². The minimum atomic E-state index is -0.787. The molecule has 2 atom stereocenters. The Hall–Kier alpha value is -4.20. The third kappa shape index (κ3) is 16.8. The van der Waals surface area contributed by atoms with Gasteiger partial charge in [0.1, 0.15) is 18.0 Å². The van der Waals surface area contributed by atoms with Crippen molar-refractivity contribution in [2.75, 3.05) is 25.0 Å². The molecule has 0 saturated carbocycles. The summed E-state index contributed by atoms with van der Waals surface area (Å²) in [4.78, 5) is 73.3. The molecule has 0 saturated heterocycles. The average Bonchev–Trinajstić information content (AvgIpc) is 2.94. The molecular formula is C32H51N5O9. The van der Waals surface area contributed by atoms with Gasteiger partial charge in [0, 0.05) is 56.1 Å². The fraction of sp³-hybridized carbons (Fsp3) is 0.625. The highest BCUT2D eigenvalue weighted by molar-refractivity contribution is 5.97. The van der Waals surface area contributed by atoms with Crippen LogP contribution < -0.4 is 31.7 Å². The maximum absolute atomic E-state index is 13.4. The van der Waals surface area contributed by atoms with Crippen LogP contribution in [0.15, 0.2) is 18.2 Å². The Bertz CT molecular complexity index is 1200. The van der Waals surface area contributed by atoms with Gasteiger partial charge >= 0.3 is 12.1 Å². The summed E-state index contributed by atoms with van der Waals surface area (Å²) >= 11 is 0. The summed E-state index contributed by atoms with van der Waals surface area (Å²) in [6, 6.07) is 3.15. The number of primary amides is 1. The van der Waals surface area contributed by atoms with Gasteiger partial charge in [-0.25, -0.2) is 9.59 Å². The zero-order valence-corrected chi connectivity index (χ0v) is 27.8. The fourth-order valence-electron chi connectivity index (χ4n) is 4.42. The summed E-state index contributed by atoms with van der Waals surface area (Å²) in [5.41, 5.74) is 5.26. The largest absolute Gasteiger partial charge is 0.485 e. The molecule has 0 aliphatic heterocycles. The zero-order valence-electron chi connectivity index (χ0n) is 27.8. The SMILES string of the molecule is CC(=O)N[C@H](C(=O)C[C@@H](CCCNC(N)=O)C(=O)Nc1ccc(CO)c(OCC(=O)CCCCNC(=O)OC(C)(C)C)c1)C(C)C. The maximum atomic E-state index is 13.4. The normalized spacial score (nSPS) is 12.4. The Labute approximate surface area is 270 Å². The van der Waals surface area contributed by atoms with Crippen molar-refractivity contribution in [1.82, 2.24) is 16.0 Å². The third-order valence-corrected chi connectivity index (χ3v) is 6.66. The van der Waals surface area contributed by atoms with Crippen molar-refractivity contribution in [3.05, 3.63) is 23.8 Å². The van der Waals surface area contributed by atoms with Crippen LogP contribution in [0, 0.1) is 11.8 Å². The van der Waals surface area contributed by atoms with Gasteiger partial charge in [-0.1, -0.05) is 19.9 Å². The number of nitrogens with two attached hydrogens (primary N) is 1. The van der Waals surface area contributed by atoms with Crippen molar-refractivity contribution >= 4 is 41.2 Å². The van der Waals surface area contributed by atoms with Gasteiger partial charge in [0.25, 0.3) is 0 Å². The van der Waals surface area contributed by atoms with Crippen molar-refractivity contribution in [2.45, 2.75) is 98.3 Å². The van der Waals surface area contributed by atoms with Gasteiger partial charge in [-0.15, -0.1) is 0 Å². The number of carbonyl (C=O) groups is 6. The second-order valence-corrected chi connectivity index (χ2v) is 12.4. The van der Waals surface area contributed by atoms with Gasteiger partial charge in [-0.3, -0.25) is 19.2 Å². The van der Waals surface area contributed by atoms with Gasteiger partial charge in [0.2, 0.25) is 11.8 Å². The summed E-state index contributed by atoms with van der Waals surface area (Å²) < 4.78 is 10.9. The number of anilines is 1. The number of urea groups is 1. The van der Waals surface area contributed by atoms with Crippen LogP contribution in [0.4, 0.5) is 15.3 Å². The second kappa shape index (κ2) is 20.0. The van der Waals surface area contributed by atoms with E-state index in [9.17, 15) is 33.9 Å².